The molecule has 2 aliphatic rings. The van der Waals surface area contributed by atoms with Crippen molar-refractivity contribution in [3.63, 3.8) is 0 Å². The third kappa shape index (κ3) is 2.60. The summed E-state index contributed by atoms with van der Waals surface area (Å²) in [5.41, 5.74) is 0.681. The Labute approximate surface area is 100 Å². The van der Waals surface area contributed by atoms with Crippen molar-refractivity contribution in [2.24, 2.45) is 5.41 Å². The van der Waals surface area contributed by atoms with Crippen LogP contribution >= 0.6 is 0 Å². The van der Waals surface area contributed by atoms with Crippen LogP contribution in [0.2, 0.25) is 0 Å². The van der Waals surface area contributed by atoms with Gasteiger partial charge in [0.25, 0.3) is 0 Å². The number of nitrogens with zero attached hydrogens (tertiary/aromatic N) is 1. The Bertz CT molecular complexity index is 209. The van der Waals surface area contributed by atoms with Crippen LogP contribution < -0.4 is 0 Å². The van der Waals surface area contributed by atoms with Crippen molar-refractivity contribution in [1.29, 1.82) is 0 Å². The van der Waals surface area contributed by atoms with Crippen LogP contribution in [-0.2, 0) is 4.74 Å². The Morgan fingerprint density at radius 3 is 2.06 bits per heavy atom. The lowest BCUT2D eigenvalue weighted by atomic mass is 9.67. The van der Waals surface area contributed by atoms with Crippen molar-refractivity contribution in [3.05, 3.63) is 0 Å². The molecule has 0 unspecified atom stereocenters. The molecule has 0 atom stereocenters. The summed E-state index contributed by atoms with van der Waals surface area (Å²) in [7, 11) is 1.87. The Balaban J connectivity index is 1.84. The number of methoxy groups -OCH3 is 1. The van der Waals surface area contributed by atoms with Crippen LogP contribution in [0.25, 0.3) is 0 Å². The predicted molar refractivity (Wildman–Crippen MR) is 67.6 cm³/mol. The van der Waals surface area contributed by atoms with Crippen molar-refractivity contribution in [2.45, 2.75) is 64.5 Å². The molecule has 16 heavy (non-hydrogen) atoms. The van der Waals surface area contributed by atoms with Crippen molar-refractivity contribution < 1.29 is 4.74 Å². The molecule has 2 rings (SSSR count). The van der Waals surface area contributed by atoms with Gasteiger partial charge in [-0.1, -0.05) is 0 Å². The van der Waals surface area contributed by atoms with Gasteiger partial charge in [0.05, 0.1) is 6.10 Å². The van der Waals surface area contributed by atoms with Crippen LogP contribution in [0.1, 0.15) is 52.4 Å². The molecule has 1 spiro atoms. The molecule has 2 fully saturated rings. The highest BCUT2D eigenvalue weighted by Gasteiger charge is 2.38. The minimum absolute atomic E-state index is 0.550. The Morgan fingerprint density at radius 2 is 1.62 bits per heavy atom. The lowest BCUT2D eigenvalue weighted by Gasteiger charge is -2.46. The van der Waals surface area contributed by atoms with Gasteiger partial charge in [0.2, 0.25) is 0 Å². The van der Waals surface area contributed by atoms with Gasteiger partial charge in [-0.3, -0.25) is 0 Å². The van der Waals surface area contributed by atoms with E-state index in [0.717, 1.165) is 6.04 Å². The highest BCUT2D eigenvalue weighted by molar-refractivity contribution is 4.91. The number of hydrogen-bond acceptors (Lipinski definition) is 2. The van der Waals surface area contributed by atoms with E-state index < -0.39 is 0 Å². The molecule has 2 nitrogen and oxygen atoms in total. The third-order valence-corrected chi connectivity index (χ3v) is 4.92. The molecular formula is C14H27NO. The first kappa shape index (κ1) is 12.4. The zero-order valence-corrected chi connectivity index (χ0v) is 11.2. The van der Waals surface area contributed by atoms with Crippen LogP contribution in [0, 0.1) is 5.41 Å². The van der Waals surface area contributed by atoms with E-state index in [1.807, 2.05) is 7.11 Å². The number of piperidine rings is 1. The monoisotopic (exact) mass is 225 g/mol. The molecule has 1 aliphatic carbocycles. The topological polar surface area (TPSA) is 12.5 Å². The van der Waals surface area contributed by atoms with E-state index >= 15 is 0 Å². The van der Waals surface area contributed by atoms with E-state index in [2.05, 4.69) is 18.7 Å². The maximum atomic E-state index is 5.47. The number of hydrogen-bond donors (Lipinski definition) is 0. The smallest absolute Gasteiger partial charge is 0.0571 e. The Hall–Kier alpha value is -0.0800. The summed E-state index contributed by atoms with van der Waals surface area (Å²) < 4.78 is 5.47. The van der Waals surface area contributed by atoms with Crippen LogP contribution in [-0.4, -0.2) is 37.2 Å². The molecule has 0 aromatic carbocycles. The zero-order chi connectivity index (χ0) is 11.6. The predicted octanol–water partition coefficient (Wildman–Crippen LogP) is 3.07. The van der Waals surface area contributed by atoms with Crippen molar-refractivity contribution in [3.8, 4) is 0 Å². The summed E-state index contributed by atoms with van der Waals surface area (Å²) in [6, 6.07) is 0.729. The van der Waals surface area contributed by atoms with E-state index in [0.29, 0.717) is 11.5 Å². The van der Waals surface area contributed by atoms with Gasteiger partial charge in [-0.2, -0.15) is 0 Å². The molecule has 0 bridgehead atoms. The molecule has 2 heteroatoms. The molecule has 1 heterocycles. The quantitative estimate of drug-likeness (QED) is 0.716. The summed E-state index contributed by atoms with van der Waals surface area (Å²) >= 11 is 0. The second-order valence-electron chi connectivity index (χ2n) is 6.06. The maximum absolute atomic E-state index is 5.47. The number of rotatable bonds is 2. The van der Waals surface area contributed by atoms with Crippen LogP contribution in [0.5, 0.6) is 0 Å². The molecule has 0 radical (unpaired) electrons. The number of ether oxygens (including phenoxy) is 1. The van der Waals surface area contributed by atoms with E-state index in [4.69, 9.17) is 4.74 Å². The first-order valence-corrected chi connectivity index (χ1v) is 6.92. The van der Waals surface area contributed by atoms with Gasteiger partial charge in [0.15, 0.2) is 0 Å². The number of likely N-dealkylation sites (tertiary alicyclic amines) is 1. The van der Waals surface area contributed by atoms with E-state index in [1.165, 1.54) is 51.6 Å². The first-order chi connectivity index (χ1) is 7.65. The summed E-state index contributed by atoms with van der Waals surface area (Å²) in [6.07, 6.45) is 8.77. The van der Waals surface area contributed by atoms with Crippen molar-refractivity contribution in [1.82, 2.24) is 4.90 Å². The van der Waals surface area contributed by atoms with Crippen molar-refractivity contribution in [2.75, 3.05) is 20.2 Å². The van der Waals surface area contributed by atoms with Crippen LogP contribution in [0.3, 0.4) is 0 Å². The van der Waals surface area contributed by atoms with Gasteiger partial charge in [-0.15, -0.1) is 0 Å². The van der Waals surface area contributed by atoms with E-state index in [-0.39, 0.29) is 0 Å². The maximum Gasteiger partial charge on any atom is 0.0571 e. The molecule has 0 amide bonds. The second-order valence-corrected chi connectivity index (χ2v) is 6.06. The summed E-state index contributed by atoms with van der Waals surface area (Å²) in [5.74, 6) is 0. The fourth-order valence-corrected chi connectivity index (χ4v) is 3.45. The Kier molecular flexibility index (Phi) is 3.91. The normalized spacial score (nSPS) is 27.8. The van der Waals surface area contributed by atoms with Gasteiger partial charge in [-0.25, -0.2) is 0 Å². The fraction of sp³-hybridized carbons (Fsp3) is 1.00. The van der Waals surface area contributed by atoms with E-state index in [9.17, 15) is 0 Å². The first-order valence-electron chi connectivity index (χ1n) is 6.92. The average molecular weight is 225 g/mol. The second kappa shape index (κ2) is 5.05. The molecule has 94 valence electrons. The van der Waals surface area contributed by atoms with Crippen LogP contribution in [0.4, 0.5) is 0 Å². The van der Waals surface area contributed by atoms with Crippen LogP contribution in [0.15, 0.2) is 0 Å². The summed E-state index contributed by atoms with van der Waals surface area (Å²) in [4.78, 5) is 2.63. The minimum Gasteiger partial charge on any atom is -0.381 e. The van der Waals surface area contributed by atoms with Gasteiger partial charge < -0.3 is 9.64 Å². The van der Waals surface area contributed by atoms with E-state index in [1.54, 1.807) is 0 Å². The highest BCUT2D eigenvalue weighted by atomic mass is 16.5. The van der Waals surface area contributed by atoms with Crippen molar-refractivity contribution >= 4 is 0 Å². The average Bonchev–Trinajstić information content (AvgIpc) is 2.31. The fourth-order valence-electron chi connectivity index (χ4n) is 3.45. The zero-order valence-electron chi connectivity index (χ0n) is 11.2. The molecule has 1 saturated heterocycles. The Morgan fingerprint density at radius 1 is 1.06 bits per heavy atom. The summed E-state index contributed by atoms with van der Waals surface area (Å²) in [6.45, 7) is 7.27. The highest BCUT2D eigenvalue weighted by Crippen LogP contribution is 2.45. The molecule has 0 N–H and O–H groups in total. The van der Waals surface area contributed by atoms with Gasteiger partial charge >= 0.3 is 0 Å². The molecule has 0 aromatic rings. The third-order valence-electron chi connectivity index (χ3n) is 4.92. The largest absolute Gasteiger partial charge is 0.381 e. The molecule has 1 saturated carbocycles. The molecular weight excluding hydrogens is 198 g/mol. The van der Waals surface area contributed by atoms with Gasteiger partial charge in [0, 0.05) is 13.2 Å². The molecule has 0 aromatic heterocycles. The standard InChI is InChI=1S/C14H27NO/c1-12(2)15-10-8-14(9-11-15)6-4-13(16-3)5-7-14/h12-13H,4-11H2,1-3H3. The lowest BCUT2D eigenvalue weighted by molar-refractivity contribution is -0.00762. The van der Waals surface area contributed by atoms with Gasteiger partial charge in [0.1, 0.15) is 0 Å². The molecule has 1 aliphatic heterocycles. The van der Waals surface area contributed by atoms with Gasteiger partial charge in [-0.05, 0) is 70.9 Å². The minimum atomic E-state index is 0.550. The lowest BCUT2D eigenvalue weighted by Crippen LogP contribution is -2.45. The SMILES string of the molecule is COC1CCC2(CC1)CCN(C(C)C)CC2. The summed E-state index contributed by atoms with van der Waals surface area (Å²) in [5, 5.41) is 0.